The molecule has 0 radical (unpaired) electrons. The maximum Gasteiger partial charge on any atom is 0.269 e. The first kappa shape index (κ1) is 13.0. The third-order valence-electron chi connectivity index (χ3n) is 2.26. The Morgan fingerprint density at radius 2 is 2.35 bits per heavy atom. The molecule has 1 aromatic rings. The van der Waals surface area contributed by atoms with E-state index in [1.165, 1.54) is 18.2 Å². The number of nitro benzene ring substituents is 1. The van der Waals surface area contributed by atoms with Gasteiger partial charge in [-0.25, -0.2) is 0 Å². The zero-order valence-corrected chi connectivity index (χ0v) is 9.06. The summed E-state index contributed by atoms with van der Waals surface area (Å²) < 4.78 is 0. The molecule has 1 atom stereocenters. The van der Waals surface area contributed by atoms with Gasteiger partial charge in [-0.2, -0.15) is 0 Å². The van der Waals surface area contributed by atoms with E-state index in [0.29, 0.717) is 24.9 Å². The molecule has 0 aromatic heterocycles. The van der Waals surface area contributed by atoms with Crippen molar-refractivity contribution in [2.45, 2.75) is 18.9 Å². The molecule has 0 aliphatic heterocycles. The second-order valence-electron chi connectivity index (χ2n) is 3.46. The van der Waals surface area contributed by atoms with Crippen molar-refractivity contribution in [3.05, 3.63) is 50.4 Å². The van der Waals surface area contributed by atoms with Gasteiger partial charge in [0.15, 0.2) is 0 Å². The van der Waals surface area contributed by atoms with Crippen molar-refractivity contribution in [3.8, 4) is 0 Å². The normalized spacial score (nSPS) is 11.6. The molecule has 0 amide bonds. The molecule has 7 heteroatoms. The highest BCUT2D eigenvalue weighted by Gasteiger charge is 2.11. The standard InChI is InChI=1S/C10H12N4O3/c11-13-12-6-2-5-10(15)8-3-1-4-9(7-8)14(16)17/h1,3-4,7,10,15H,2,5-6H2. The van der Waals surface area contributed by atoms with Crippen molar-refractivity contribution in [3.63, 3.8) is 0 Å². The zero-order valence-electron chi connectivity index (χ0n) is 9.06. The lowest BCUT2D eigenvalue weighted by Gasteiger charge is -2.09. The third kappa shape index (κ3) is 4.10. The number of rotatable bonds is 6. The summed E-state index contributed by atoms with van der Waals surface area (Å²) in [5.74, 6) is 0. The van der Waals surface area contributed by atoms with Crippen LogP contribution in [-0.2, 0) is 0 Å². The summed E-state index contributed by atoms with van der Waals surface area (Å²) in [5.41, 5.74) is 8.52. The fourth-order valence-electron chi connectivity index (χ4n) is 1.41. The number of aliphatic hydroxyl groups excluding tert-OH is 1. The van der Waals surface area contributed by atoms with Crippen molar-refractivity contribution in [1.29, 1.82) is 0 Å². The van der Waals surface area contributed by atoms with Gasteiger partial charge in [0.1, 0.15) is 0 Å². The second-order valence-corrected chi connectivity index (χ2v) is 3.46. The summed E-state index contributed by atoms with van der Waals surface area (Å²) in [7, 11) is 0. The Kier molecular flexibility index (Phi) is 4.93. The van der Waals surface area contributed by atoms with Crippen LogP contribution in [0.4, 0.5) is 5.69 Å². The summed E-state index contributed by atoms with van der Waals surface area (Å²) in [6.07, 6.45) is 0.164. The van der Waals surface area contributed by atoms with Gasteiger partial charge in [0, 0.05) is 23.6 Å². The number of nitrogens with zero attached hydrogens (tertiary/aromatic N) is 4. The molecule has 90 valence electrons. The maximum atomic E-state index is 10.5. The molecule has 0 spiro atoms. The molecule has 0 saturated carbocycles. The smallest absolute Gasteiger partial charge is 0.269 e. The van der Waals surface area contributed by atoms with Crippen LogP contribution in [0.25, 0.3) is 10.4 Å². The van der Waals surface area contributed by atoms with E-state index in [-0.39, 0.29) is 5.69 Å². The van der Waals surface area contributed by atoms with Crippen LogP contribution < -0.4 is 0 Å². The lowest BCUT2D eigenvalue weighted by molar-refractivity contribution is -0.385. The predicted molar refractivity (Wildman–Crippen MR) is 61.3 cm³/mol. The van der Waals surface area contributed by atoms with Crippen LogP contribution in [0.1, 0.15) is 24.5 Å². The van der Waals surface area contributed by atoms with Crippen LogP contribution in [0.15, 0.2) is 29.4 Å². The average Bonchev–Trinajstić information content (AvgIpc) is 2.34. The third-order valence-corrected chi connectivity index (χ3v) is 2.26. The highest BCUT2D eigenvalue weighted by molar-refractivity contribution is 5.35. The van der Waals surface area contributed by atoms with Gasteiger partial charge < -0.3 is 5.11 Å². The van der Waals surface area contributed by atoms with Crippen LogP contribution in [0.3, 0.4) is 0 Å². The predicted octanol–water partition coefficient (Wildman–Crippen LogP) is 2.72. The Labute approximate surface area is 97.5 Å². The summed E-state index contributed by atoms with van der Waals surface area (Å²) in [4.78, 5) is 12.6. The van der Waals surface area contributed by atoms with Crippen LogP contribution in [0, 0.1) is 10.1 Å². The monoisotopic (exact) mass is 236 g/mol. The Bertz CT molecular complexity index is 443. The van der Waals surface area contributed by atoms with Gasteiger partial charge in [0.25, 0.3) is 5.69 Å². The topological polar surface area (TPSA) is 112 Å². The molecule has 1 N–H and O–H groups in total. The van der Waals surface area contributed by atoms with Gasteiger partial charge in [0.05, 0.1) is 11.0 Å². The van der Waals surface area contributed by atoms with Gasteiger partial charge in [-0.15, -0.1) is 0 Å². The van der Waals surface area contributed by atoms with Gasteiger partial charge in [-0.1, -0.05) is 17.2 Å². The van der Waals surface area contributed by atoms with Crippen molar-refractivity contribution in [2.75, 3.05) is 6.54 Å². The van der Waals surface area contributed by atoms with Crippen LogP contribution in [-0.4, -0.2) is 16.6 Å². The van der Waals surface area contributed by atoms with Gasteiger partial charge >= 0.3 is 0 Å². The zero-order chi connectivity index (χ0) is 12.7. The van der Waals surface area contributed by atoms with Gasteiger partial charge in [-0.05, 0) is 23.9 Å². The summed E-state index contributed by atoms with van der Waals surface area (Å²) >= 11 is 0. The number of nitro groups is 1. The number of benzene rings is 1. The average molecular weight is 236 g/mol. The Hall–Kier alpha value is -2.11. The molecule has 0 aliphatic carbocycles. The minimum absolute atomic E-state index is 0.0448. The highest BCUT2D eigenvalue weighted by Crippen LogP contribution is 2.22. The molecule has 0 heterocycles. The highest BCUT2D eigenvalue weighted by atomic mass is 16.6. The van der Waals surface area contributed by atoms with Gasteiger partial charge in [0.2, 0.25) is 0 Å². The Balaban J connectivity index is 2.62. The molecule has 1 unspecified atom stereocenters. The Morgan fingerprint density at radius 3 is 3.00 bits per heavy atom. The van der Waals surface area contributed by atoms with Crippen LogP contribution in [0.5, 0.6) is 0 Å². The minimum Gasteiger partial charge on any atom is -0.388 e. The van der Waals surface area contributed by atoms with Crippen LogP contribution in [0.2, 0.25) is 0 Å². The van der Waals surface area contributed by atoms with E-state index >= 15 is 0 Å². The van der Waals surface area contributed by atoms with E-state index in [2.05, 4.69) is 10.0 Å². The van der Waals surface area contributed by atoms with E-state index in [4.69, 9.17) is 5.53 Å². The van der Waals surface area contributed by atoms with E-state index in [1.54, 1.807) is 6.07 Å². The number of azide groups is 1. The molecular formula is C10H12N4O3. The molecule has 0 aliphatic rings. The maximum absolute atomic E-state index is 10.5. The first-order chi connectivity index (χ1) is 8.15. The van der Waals surface area contributed by atoms with Crippen molar-refractivity contribution >= 4 is 5.69 Å². The van der Waals surface area contributed by atoms with Gasteiger partial charge in [-0.3, -0.25) is 10.1 Å². The number of non-ortho nitro benzene ring substituents is 1. The minimum atomic E-state index is -0.774. The molecule has 0 saturated heterocycles. The molecule has 1 aromatic carbocycles. The number of hydrogen-bond acceptors (Lipinski definition) is 4. The summed E-state index contributed by atoms with van der Waals surface area (Å²) in [5, 5.41) is 23.7. The SMILES string of the molecule is [N-]=[N+]=NCCCC(O)c1cccc([N+](=O)[O-])c1. The van der Waals surface area contributed by atoms with E-state index < -0.39 is 11.0 Å². The lowest BCUT2D eigenvalue weighted by Crippen LogP contribution is -1.99. The van der Waals surface area contributed by atoms with Crippen molar-refractivity contribution in [2.24, 2.45) is 5.11 Å². The number of hydrogen-bond donors (Lipinski definition) is 1. The summed E-state index contributed by atoms with van der Waals surface area (Å²) in [6.45, 7) is 0.308. The van der Waals surface area contributed by atoms with E-state index in [1.807, 2.05) is 0 Å². The molecule has 1 rings (SSSR count). The van der Waals surface area contributed by atoms with Crippen LogP contribution >= 0.6 is 0 Å². The van der Waals surface area contributed by atoms with Crippen molar-refractivity contribution in [1.82, 2.24) is 0 Å². The quantitative estimate of drug-likeness (QED) is 0.204. The Morgan fingerprint density at radius 1 is 1.59 bits per heavy atom. The van der Waals surface area contributed by atoms with E-state index in [0.717, 1.165) is 0 Å². The lowest BCUT2D eigenvalue weighted by atomic mass is 10.0. The van der Waals surface area contributed by atoms with E-state index in [9.17, 15) is 15.2 Å². The first-order valence-electron chi connectivity index (χ1n) is 5.08. The molecule has 0 fully saturated rings. The second kappa shape index (κ2) is 6.47. The molecular weight excluding hydrogens is 224 g/mol. The molecule has 7 nitrogen and oxygen atoms in total. The van der Waals surface area contributed by atoms with Crippen molar-refractivity contribution < 1.29 is 10.0 Å². The fraction of sp³-hybridized carbons (Fsp3) is 0.400. The first-order valence-corrected chi connectivity index (χ1v) is 5.08. The number of aliphatic hydroxyl groups is 1. The molecule has 0 bridgehead atoms. The summed E-state index contributed by atoms with van der Waals surface area (Å²) in [6, 6.07) is 5.88. The fourth-order valence-corrected chi connectivity index (χ4v) is 1.41. The largest absolute Gasteiger partial charge is 0.388 e. The molecule has 17 heavy (non-hydrogen) atoms.